The van der Waals surface area contributed by atoms with Crippen LogP contribution in [0.25, 0.3) is 0 Å². The van der Waals surface area contributed by atoms with Crippen molar-refractivity contribution in [3.63, 3.8) is 0 Å². The minimum absolute atomic E-state index is 0.210. The molecule has 0 spiro atoms. The third-order valence-corrected chi connectivity index (χ3v) is 4.41. The lowest BCUT2D eigenvalue weighted by Gasteiger charge is -2.30. The molecule has 1 fully saturated rings. The first kappa shape index (κ1) is 17.4. The fraction of sp³-hybridized carbons (Fsp3) is 0.923. The van der Waals surface area contributed by atoms with Gasteiger partial charge < -0.3 is 10.1 Å². The van der Waals surface area contributed by atoms with Crippen LogP contribution in [0, 0.1) is 0 Å². The van der Waals surface area contributed by atoms with Crippen LogP contribution in [0.15, 0.2) is 0 Å². The summed E-state index contributed by atoms with van der Waals surface area (Å²) in [6, 6.07) is 0.274. The van der Waals surface area contributed by atoms with Crippen molar-refractivity contribution >= 4 is 16.0 Å². The van der Waals surface area contributed by atoms with E-state index in [0.29, 0.717) is 26.1 Å². The van der Waals surface area contributed by atoms with Gasteiger partial charge in [-0.1, -0.05) is 0 Å². The summed E-state index contributed by atoms with van der Waals surface area (Å²) >= 11 is 0. The van der Waals surface area contributed by atoms with Gasteiger partial charge in [0.05, 0.1) is 12.7 Å². The fourth-order valence-corrected chi connectivity index (χ4v) is 3.04. The van der Waals surface area contributed by atoms with E-state index in [1.54, 1.807) is 0 Å². The lowest BCUT2D eigenvalue weighted by atomic mass is 10.1. The molecule has 6 nitrogen and oxygen atoms in total. The number of ether oxygens (including phenoxy) is 1. The lowest BCUT2D eigenvalue weighted by Crippen LogP contribution is -2.45. The monoisotopic (exact) mass is 306 g/mol. The van der Waals surface area contributed by atoms with Gasteiger partial charge >= 0.3 is 5.97 Å². The van der Waals surface area contributed by atoms with Crippen molar-refractivity contribution in [3.8, 4) is 0 Å². The van der Waals surface area contributed by atoms with E-state index in [9.17, 15) is 13.2 Å². The number of nitrogens with one attached hydrogen (secondary N) is 1. The van der Waals surface area contributed by atoms with Crippen molar-refractivity contribution < 1.29 is 17.9 Å². The summed E-state index contributed by atoms with van der Waals surface area (Å²) in [7, 11) is -3.07. The molecule has 7 heteroatoms. The maximum atomic E-state index is 11.5. The molecule has 1 heterocycles. The molecule has 0 atom stereocenters. The normalized spacial score (nSPS) is 19.0. The standard InChI is InChI=1S/C13H26N2O4S/c1-13(2,3)19-12(16)5-8-14-11-6-9-15(10-7-11)20(4,17)18/h11,14H,5-10H2,1-4H3. The molecule has 0 bridgehead atoms. The molecule has 1 aliphatic rings. The highest BCUT2D eigenvalue weighted by Gasteiger charge is 2.24. The van der Waals surface area contributed by atoms with Crippen molar-refractivity contribution in [2.24, 2.45) is 0 Å². The van der Waals surface area contributed by atoms with Gasteiger partial charge in [-0.25, -0.2) is 12.7 Å². The van der Waals surface area contributed by atoms with Gasteiger partial charge in [-0.15, -0.1) is 0 Å². The molecule has 0 aromatic carbocycles. The van der Waals surface area contributed by atoms with E-state index in [4.69, 9.17) is 4.74 Å². The predicted molar refractivity (Wildman–Crippen MR) is 77.9 cm³/mol. The van der Waals surface area contributed by atoms with E-state index in [2.05, 4.69) is 5.32 Å². The number of esters is 1. The van der Waals surface area contributed by atoms with Crippen LogP contribution in [0.3, 0.4) is 0 Å². The Morgan fingerprint density at radius 1 is 1.30 bits per heavy atom. The zero-order valence-electron chi connectivity index (χ0n) is 12.8. The summed E-state index contributed by atoms with van der Waals surface area (Å²) in [5, 5.41) is 3.29. The highest BCUT2D eigenvalue weighted by atomic mass is 32.2. The Morgan fingerprint density at radius 2 is 1.85 bits per heavy atom. The Balaban J connectivity index is 2.21. The number of hydrogen-bond acceptors (Lipinski definition) is 5. The zero-order valence-corrected chi connectivity index (χ0v) is 13.6. The highest BCUT2D eigenvalue weighted by Crippen LogP contribution is 2.13. The van der Waals surface area contributed by atoms with Crippen LogP contribution in [0.1, 0.15) is 40.0 Å². The molecule has 0 aromatic rings. The molecule has 0 aromatic heterocycles. The molecule has 0 saturated carbocycles. The van der Waals surface area contributed by atoms with Gasteiger partial charge in [0.25, 0.3) is 0 Å². The Hall–Kier alpha value is -0.660. The maximum Gasteiger partial charge on any atom is 0.307 e. The second kappa shape index (κ2) is 6.87. The van der Waals surface area contributed by atoms with Crippen LogP contribution in [-0.2, 0) is 19.6 Å². The van der Waals surface area contributed by atoms with Gasteiger partial charge in [0, 0.05) is 25.7 Å². The number of sulfonamides is 1. The minimum Gasteiger partial charge on any atom is -0.460 e. The summed E-state index contributed by atoms with van der Waals surface area (Å²) in [5.41, 5.74) is -0.447. The zero-order chi connectivity index (χ0) is 15.4. The van der Waals surface area contributed by atoms with Gasteiger partial charge in [-0.3, -0.25) is 4.79 Å². The highest BCUT2D eigenvalue weighted by molar-refractivity contribution is 7.88. The molecule has 1 saturated heterocycles. The SMILES string of the molecule is CC(C)(C)OC(=O)CCNC1CCN(S(C)(=O)=O)CC1. The average molecular weight is 306 g/mol. The van der Waals surface area contributed by atoms with Crippen LogP contribution >= 0.6 is 0 Å². The third-order valence-electron chi connectivity index (χ3n) is 3.11. The smallest absolute Gasteiger partial charge is 0.307 e. The van der Waals surface area contributed by atoms with Gasteiger partial charge in [-0.2, -0.15) is 0 Å². The number of hydrogen-bond donors (Lipinski definition) is 1. The number of piperidine rings is 1. The summed E-state index contributed by atoms with van der Waals surface area (Å²) in [5.74, 6) is -0.210. The number of carbonyl (C=O) groups excluding carboxylic acids is 1. The van der Waals surface area contributed by atoms with E-state index < -0.39 is 15.6 Å². The summed E-state index contributed by atoms with van der Waals surface area (Å²) in [6.07, 6.45) is 3.13. The molecule has 118 valence electrons. The Kier molecular flexibility index (Phi) is 5.97. The van der Waals surface area contributed by atoms with Gasteiger partial charge in [0.2, 0.25) is 10.0 Å². The van der Waals surface area contributed by atoms with E-state index in [0.717, 1.165) is 12.8 Å². The molecular weight excluding hydrogens is 280 g/mol. The van der Waals surface area contributed by atoms with Crippen LogP contribution in [0.4, 0.5) is 0 Å². The summed E-state index contributed by atoms with van der Waals surface area (Å²) in [6.45, 7) is 7.20. The second-order valence-corrected chi connectivity index (χ2v) is 8.21. The number of carbonyl (C=O) groups is 1. The fourth-order valence-electron chi connectivity index (χ4n) is 2.16. The summed E-state index contributed by atoms with van der Waals surface area (Å²) in [4.78, 5) is 11.5. The van der Waals surface area contributed by atoms with E-state index >= 15 is 0 Å². The van der Waals surface area contributed by atoms with Crippen LogP contribution in [-0.4, -0.2) is 56.2 Å². The molecule has 0 radical (unpaired) electrons. The van der Waals surface area contributed by atoms with Gasteiger partial charge in [-0.05, 0) is 33.6 Å². The predicted octanol–water partition coefficient (Wildman–Crippen LogP) is 0.732. The first-order valence-electron chi connectivity index (χ1n) is 6.98. The van der Waals surface area contributed by atoms with E-state index in [1.807, 2.05) is 20.8 Å². The summed E-state index contributed by atoms with van der Waals surface area (Å²) < 4.78 is 29.5. The molecule has 0 amide bonds. The van der Waals surface area contributed by atoms with Crippen LogP contribution in [0.5, 0.6) is 0 Å². The Bertz CT molecular complexity index is 420. The molecule has 1 N–H and O–H groups in total. The number of rotatable bonds is 5. The first-order valence-corrected chi connectivity index (χ1v) is 8.83. The topological polar surface area (TPSA) is 75.7 Å². The van der Waals surface area contributed by atoms with Gasteiger partial charge in [0.15, 0.2) is 0 Å². The van der Waals surface area contributed by atoms with Crippen molar-refractivity contribution in [1.29, 1.82) is 0 Å². The van der Waals surface area contributed by atoms with Gasteiger partial charge in [0.1, 0.15) is 5.60 Å². The minimum atomic E-state index is -3.07. The Labute approximate surface area is 121 Å². The van der Waals surface area contributed by atoms with Crippen molar-refractivity contribution in [1.82, 2.24) is 9.62 Å². The maximum absolute atomic E-state index is 11.5. The lowest BCUT2D eigenvalue weighted by molar-refractivity contribution is -0.154. The van der Waals surface area contributed by atoms with E-state index in [-0.39, 0.29) is 12.0 Å². The van der Waals surface area contributed by atoms with E-state index in [1.165, 1.54) is 10.6 Å². The average Bonchev–Trinajstić information content (AvgIpc) is 2.26. The molecule has 1 aliphatic heterocycles. The van der Waals surface area contributed by atoms with Crippen LogP contribution in [0.2, 0.25) is 0 Å². The number of nitrogens with zero attached hydrogens (tertiary/aromatic N) is 1. The Morgan fingerprint density at radius 3 is 2.30 bits per heavy atom. The molecule has 20 heavy (non-hydrogen) atoms. The molecule has 0 unspecified atom stereocenters. The largest absolute Gasteiger partial charge is 0.460 e. The second-order valence-electron chi connectivity index (χ2n) is 6.23. The molecule has 1 rings (SSSR count). The van der Waals surface area contributed by atoms with Crippen molar-refractivity contribution in [2.75, 3.05) is 25.9 Å². The van der Waals surface area contributed by atoms with Crippen molar-refractivity contribution in [2.45, 2.75) is 51.7 Å². The first-order chi connectivity index (χ1) is 9.08. The van der Waals surface area contributed by atoms with Crippen molar-refractivity contribution in [3.05, 3.63) is 0 Å². The van der Waals surface area contributed by atoms with Crippen LogP contribution < -0.4 is 5.32 Å². The quantitative estimate of drug-likeness (QED) is 0.758. The molecule has 0 aliphatic carbocycles. The third kappa shape index (κ3) is 6.67. The molecular formula is C13H26N2O4S.